The Morgan fingerprint density at radius 2 is 1.86 bits per heavy atom. The van der Waals surface area contributed by atoms with E-state index in [9.17, 15) is 14.4 Å². The van der Waals surface area contributed by atoms with Crippen molar-refractivity contribution in [1.29, 1.82) is 0 Å². The molecular formula is C21H17N3O3S. The number of benzene rings is 2. The first-order valence-corrected chi connectivity index (χ1v) is 9.60. The fourth-order valence-corrected chi connectivity index (χ4v) is 3.74. The van der Waals surface area contributed by atoms with Gasteiger partial charge in [-0.1, -0.05) is 30.3 Å². The molecule has 1 fully saturated rings. The third-order valence-electron chi connectivity index (χ3n) is 4.47. The minimum absolute atomic E-state index is 0.151. The molecule has 4 rings (SSSR count). The average Bonchev–Trinajstić information content (AvgIpc) is 3.25. The molecule has 0 unspecified atom stereocenters. The summed E-state index contributed by atoms with van der Waals surface area (Å²) in [5.41, 5.74) is 3.55. The molecule has 0 spiro atoms. The second-order valence-corrected chi connectivity index (χ2v) is 7.35. The molecule has 1 saturated heterocycles. The topological polar surface area (TPSA) is 91.1 Å². The molecule has 1 aliphatic heterocycles. The lowest BCUT2D eigenvalue weighted by Crippen LogP contribution is -2.25. The number of carbonyl (C=O) groups is 3. The van der Waals surface area contributed by atoms with Crippen LogP contribution in [0.15, 0.2) is 59.6 Å². The first kappa shape index (κ1) is 18.1. The molecule has 1 aromatic heterocycles. The lowest BCUT2D eigenvalue weighted by Gasteiger charge is -2.05. The molecule has 3 aromatic rings. The van der Waals surface area contributed by atoms with E-state index >= 15 is 0 Å². The van der Waals surface area contributed by atoms with E-state index in [1.54, 1.807) is 30.3 Å². The molecule has 7 heteroatoms. The second kappa shape index (κ2) is 7.74. The lowest BCUT2D eigenvalue weighted by atomic mass is 10.1. The average molecular weight is 391 g/mol. The largest absolute Gasteiger partial charge is 0.361 e. The number of amides is 3. The van der Waals surface area contributed by atoms with Gasteiger partial charge in [0.2, 0.25) is 0 Å². The van der Waals surface area contributed by atoms with Gasteiger partial charge in [0, 0.05) is 29.2 Å². The van der Waals surface area contributed by atoms with E-state index in [2.05, 4.69) is 21.7 Å². The number of hydrogen-bond acceptors (Lipinski definition) is 4. The standard InChI is InChI=1S/C21H17N3O3S/c25-19(22-10-9-15-12-23-17-4-2-1-3-16(15)17)14-7-5-13(6-8-14)11-18-20(26)24-21(27)28-18/h1-8,11-12,23H,9-10H2,(H,22,25)(H,24,26,27)/b18-11+. The predicted molar refractivity (Wildman–Crippen MR) is 110 cm³/mol. The van der Waals surface area contributed by atoms with Gasteiger partial charge in [0.25, 0.3) is 17.1 Å². The molecule has 0 bridgehead atoms. The van der Waals surface area contributed by atoms with Crippen LogP contribution in [0.4, 0.5) is 4.79 Å². The molecule has 0 aliphatic carbocycles. The Kier molecular flexibility index (Phi) is 4.99. The highest BCUT2D eigenvalue weighted by Gasteiger charge is 2.24. The lowest BCUT2D eigenvalue weighted by molar-refractivity contribution is -0.115. The van der Waals surface area contributed by atoms with Gasteiger partial charge in [-0.2, -0.15) is 0 Å². The van der Waals surface area contributed by atoms with Crippen molar-refractivity contribution in [2.75, 3.05) is 6.54 Å². The van der Waals surface area contributed by atoms with Gasteiger partial charge in [-0.15, -0.1) is 0 Å². The van der Waals surface area contributed by atoms with Gasteiger partial charge in [-0.05, 0) is 53.6 Å². The first-order chi connectivity index (χ1) is 13.6. The van der Waals surface area contributed by atoms with Crippen LogP contribution in [0.3, 0.4) is 0 Å². The number of imide groups is 1. The van der Waals surface area contributed by atoms with Crippen LogP contribution in [0.5, 0.6) is 0 Å². The summed E-state index contributed by atoms with van der Waals surface area (Å²) < 4.78 is 0. The highest BCUT2D eigenvalue weighted by molar-refractivity contribution is 8.18. The highest BCUT2D eigenvalue weighted by atomic mass is 32.2. The molecule has 28 heavy (non-hydrogen) atoms. The summed E-state index contributed by atoms with van der Waals surface area (Å²) in [7, 11) is 0. The summed E-state index contributed by atoms with van der Waals surface area (Å²) in [6.45, 7) is 0.533. The smallest absolute Gasteiger partial charge is 0.290 e. The Morgan fingerprint density at radius 1 is 1.07 bits per heavy atom. The third-order valence-corrected chi connectivity index (χ3v) is 5.28. The van der Waals surface area contributed by atoms with Crippen molar-refractivity contribution < 1.29 is 14.4 Å². The number of aromatic amines is 1. The molecule has 1 aliphatic rings. The minimum atomic E-state index is -0.394. The summed E-state index contributed by atoms with van der Waals surface area (Å²) in [5.74, 6) is -0.545. The van der Waals surface area contributed by atoms with Crippen LogP contribution in [0, 0.1) is 0 Å². The number of H-pyrrole nitrogens is 1. The number of hydrogen-bond donors (Lipinski definition) is 3. The van der Waals surface area contributed by atoms with Crippen molar-refractivity contribution in [2.24, 2.45) is 0 Å². The third kappa shape index (κ3) is 3.84. The van der Waals surface area contributed by atoms with E-state index in [1.165, 1.54) is 10.9 Å². The van der Waals surface area contributed by atoms with Gasteiger partial charge < -0.3 is 10.3 Å². The Hall–Kier alpha value is -3.32. The summed E-state index contributed by atoms with van der Waals surface area (Å²) in [6, 6.07) is 15.0. The summed E-state index contributed by atoms with van der Waals surface area (Å²) >= 11 is 0.869. The fourth-order valence-electron chi connectivity index (χ4n) is 3.05. The van der Waals surface area contributed by atoms with Crippen LogP contribution in [0.1, 0.15) is 21.5 Å². The Morgan fingerprint density at radius 3 is 2.61 bits per heavy atom. The summed E-state index contributed by atoms with van der Waals surface area (Å²) in [4.78, 5) is 38.7. The predicted octanol–water partition coefficient (Wildman–Crippen LogP) is 3.46. The molecule has 3 amide bonds. The molecular weight excluding hydrogens is 374 g/mol. The van der Waals surface area contributed by atoms with E-state index < -0.39 is 5.91 Å². The van der Waals surface area contributed by atoms with Crippen molar-refractivity contribution >= 4 is 45.8 Å². The zero-order chi connectivity index (χ0) is 19.5. The molecule has 2 aromatic carbocycles. The fraction of sp³-hybridized carbons (Fsp3) is 0.0952. The van der Waals surface area contributed by atoms with Gasteiger partial charge in [0.1, 0.15) is 0 Å². The van der Waals surface area contributed by atoms with Gasteiger partial charge in [-0.3, -0.25) is 19.7 Å². The van der Waals surface area contributed by atoms with Crippen LogP contribution in [-0.2, 0) is 11.2 Å². The Labute approximate surface area is 165 Å². The number of rotatable bonds is 5. The van der Waals surface area contributed by atoms with Crippen molar-refractivity contribution in [3.8, 4) is 0 Å². The zero-order valence-corrected chi connectivity index (χ0v) is 15.6. The van der Waals surface area contributed by atoms with E-state index in [-0.39, 0.29) is 11.1 Å². The molecule has 0 atom stereocenters. The molecule has 140 valence electrons. The first-order valence-electron chi connectivity index (χ1n) is 8.78. The van der Waals surface area contributed by atoms with E-state index in [0.717, 1.165) is 29.3 Å². The minimum Gasteiger partial charge on any atom is -0.361 e. The normalized spacial score (nSPS) is 15.2. The zero-order valence-electron chi connectivity index (χ0n) is 14.8. The van der Waals surface area contributed by atoms with Crippen molar-refractivity contribution in [3.05, 3.63) is 76.3 Å². The van der Waals surface area contributed by atoms with Gasteiger partial charge in [-0.25, -0.2) is 0 Å². The summed E-state index contributed by atoms with van der Waals surface area (Å²) in [5, 5.41) is 5.93. The number of para-hydroxylation sites is 1. The number of fused-ring (bicyclic) bond motifs is 1. The quantitative estimate of drug-likeness (QED) is 0.581. The number of thioether (sulfide) groups is 1. The molecule has 2 heterocycles. The Bertz CT molecular complexity index is 1100. The van der Waals surface area contributed by atoms with Crippen molar-refractivity contribution in [3.63, 3.8) is 0 Å². The van der Waals surface area contributed by atoms with Crippen LogP contribution in [-0.4, -0.2) is 28.6 Å². The highest BCUT2D eigenvalue weighted by Crippen LogP contribution is 2.25. The SMILES string of the molecule is O=C1NC(=O)/C(=C\c2ccc(C(=O)NCCc3c[nH]c4ccccc34)cc2)S1. The Balaban J connectivity index is 1.35. The van der Waals surface area contributed by atoms with Gasteiger partial charge >= 0.3 is 0 Å². The number of nitrogens with one attached hydrogen (secondary N) is 3. The monoisotopic (exact) mass is 391 g/mol. The van der Waals surface area contributed by atoms with Crippen molar-refractivity contribution in [2.45, 2.75) is 6.42 Å². The van der Waals surface area contributed by atoms with Crippen LogP contribution in [0.2, 0.25) is 0 Å². The van der Waals surface area contributed by atoms with Crippen LogP contribution in [0.25, 0.3) is 17.0 Å². The maximum Gasteiger partial charge on any atom is 0.290 e. The van der Waals surface area contributed by atoms with Gasteiger partial charge in [0.15, 0.2) is 0 Å². The van der Waals surface area contributed by atoms with Crippen molar-refractivity contribution in [1.82, 2.24) is 15.6 Å². The van der Waals surface area contributed by atoms with Crippen LogP contribution >= 0.6 is 11.8 Å². The maximum atomic E-state index is 12.3. The van der Waals surface area contributed by atoms with E-state index in [1.807, 2.05) is 24.4 Å². The molecule has 3 N–H and O–H groups in total. The maximum absolute atomic E-state index is 12.3. The van der Waals surface area contributed by atoms with Gasteiger partial charge in [0.05, 0.1) is 4.91 Å². The summed E-state index contributed by atoms with van der Waals surface area (Å²) in [6.07, 6.45) is 4.34. The number of aromatic nitrogens is 1. The number of carbonyl (C=O) groups excluding carboxylic acids is 3. The van der Waals surface area contributed by atoms with E-state index in [4.69, 9.17) is 0 Å². The van der Waals surface area contributed by atoms with Crippen LogP contribution < -0.4 is 10.6 Å². The second-order valence-electron chi connectivity index (χ2n) is 6.34. The van der Waals surface area contributed by atoms with E-state index in [0.29, 0.717) is 17.0 Å². The molecule has 0 radical (unpaired) electrons. The molecule has 6 nitrogen and oxygen atoms in total. The molecule has 0 saturated carbocycles.